The number of rotatable bonds is 1. The van der Waals surface area contributed by atoms with Crippen LogP contribution in [0.5, 0.6) is 0 Å². The number of thiophene rings is 1. The third kappa shape index (κ3) is 2.24. The van der Waals surface area contributed by atoms with Gasteiger partial charge in [-0.25, -0.2) is 0 Å². The van der Waals surface area contributed by atoms with E-state index in [1.807, 2.05) is 11.3 Å². The topological polar surface area (TPSA) is 18.5 Å². The van der Waals surface area contributed by atoms with Crippen molar-refractivity contribution in [1.82, 2.24) is 0 Å². The van der Waals surface area contributed by atoms with Gasteiger partial charge >= 0.3 is 7.12 Å². The van der Waals surface area contributed by atoms with Gasteiger partial charge in [0.15, 0.2) is 0 Å². The number of fused-ring (bicyclic) bond motifs is 3. The van der Waals surface area contributed by atoms with Crippen LogP contribution in [-0.4, -0.2) is 18.3 Å². The molecule has 23 heavy (non-hydrogen) atoms. The van der Waals surface area contributed by atoms with Gasteiger partial charge in [0.25, 0.3) is 0 Å². The molecule has 0 bridgehead atoms. The Bertz CT molecular complexity index is 894. The molecular weight excluding hydrogens is 303 g/mol. The predicted molar refractivity (Wildman–Crippen MR) is 99.8 cm³/mol. The second kappa shape index (κ2) is 4.82. The zero-order chi connectivity index (χ0) is 16.4. The van der Waals surface area contributed by atoms with E-state index in [4.69, 9.17) is 9.31 Å². The fraction of sp³-hybridized carbons (Fsp3) is 0.368. The second-order valence-electron chi connectivity index (χ2n) is 7.38. The Morgan fingerprint density at radius 2 is 1.57 bits per heavy atom. The summed E-state index contributed by atoms with van der Waals surface area (Å²) in [6.45, 7) is 10.6. The van der Waals surface area contributed by atoms with E-state index in [9.17, 15) is 0 Å². The quantitative estimate of drug-likeness (QED) is 0.606. The monoisotopic (exact) mass is 324 g/mol. The molecule has 1 aliphatic heterocycles. The third-order valence-electron chi connectivity index (χ3n) is 5.19. The van der Waals surface area contributed by atoms with E-state index in [1.165, 1.54) is 25.7 Å². The molecule has 2 heterocycles. The smallest absolute Gasteiger partial charge is 0.399 e. The molecule has 2 aromatic carbocycles. The number of hydrogen-bond donors (Lipinski definition) is 0. The molecule has 1 fully saturated rings. The van der Waals surface area contributed by atoms with Crippen LogP contribution >= 0.6 is 11.3 Å². The first-order chi connectivity index (χ1) is 10.8. The van der Waals surface area contributed by atoms with Gasteiger partial charge in [0.05, 0.1) is 11.2 Å². The molecule has 4 heteroatoms. The van der Waals surface area contributed by atoms with Crippen LogP contribution in [0.25, 0.3) is 20.9 Å². The van der Waals surface area contributed by atoms with Crippen LogP contribution in [0.15, 0.2) is 36.4 Å². The average Bonchev–Trinajstić information content (AvgIpc) is 2.95. The molecule has 118 valence electrons. The fourth-order valence-electron chi connectivity index (χ4n) is 3.17. The minimum Gasteiger partial charge on any atom is -0.399 e. The van der Waals surface area contributed by atoms with Gasteiger partial charge in [-0.2, -0.15) is 0 Å². The van der Waals surface area contributed by atoms with Gasteiger partial charge in [0.1, 0.15) is 0 Å². The molecule has 1 aliphatic rings. The summed E-state index contributed by atoms with van der Waals surface area (Å²) < 4.78 is 13.9. The highest BCUT2D eigenvalue weighted by Gasteiger charge is 2.52. The lowest BCUT2D eigenvalue weighted by molar-refractivity contribution is 0.00578. The van der Waals surface area contributed by atoms with Crippen molar-refractivity contribution in [2.24, 2.45) is 0 Å². The van der Waals surface area contributed by atoms with Gasteiger partial charge in [-0.3, -0.25) is 0 Å². The van der Waals surface area contributed by atoms with Gasteiger partial charge in [0, 0.05) is 9.58 Å². The van der Waals surface area contributed by atoms with Crippen molar-refractivity contribution in [3.63, 3.8) is 0 Å². The van der Waals surface area contributed by atoms with Crippen molar-refractivity contribution in [2.75, 3.05) is 0 Å². The summed E-state index contributed by atoms with van der Waals surface area (Å²) in [5, 5.41) is 3.80. The van der Waals surface area contributed by atoms with Crippen molar-refractivity contribution in [2.45, 2.75) is 45.8 Å². The third-order valence-corrected chi connectivity index (χ3v) is 6.27. The normalized spacial score (nSPS) is 19.8. The summed E-state index contributed by atoms with van der Waals surface area (Å²) >= 11 is 1.84. The van der Waals surface area contributed by atoms with Crippen LogP contribution in [0.1, 0.15) is 32.6 Å². The molecule has 0 unspecified atom stereocenters. The van der Waals surface area contributed by atoms with Crippen molar-refractivity contribution in [3.05, 3.63) is 41.3 Å². The van der Waals surface area contributed by atoms with Gasteiger partial charge in [-0.15, -0.1) is 11.3 Å². The highest BCUT2D eigenvalue weighted by molar-refractivity contribution is 7.20. The minimum atomic E-state index is -0.319. The maximum Gasteiger partial charge on any atom is 0.495 e. The van der Waals surface area contributed by atoms with Crippen LogP contribution in [0.3, 0.4) is 0 Å². The number of benzene rings is 2. The predicted octanol–water partition coefficient (Wildman–Crippen LogP) is 4.66. The molecule has 4 rings (SSSR count). The first-order valence-corrected chi connectivity index (χ1v) is 8.88. The molecule has 0 radical (unpaired) electrons. The first-order valence-electron chi connectivity index (χ1n) is 8.06. The largest absolute Gasteiger partial charge is 0.495 e. The lowest BCUT2D eigenvalue weighted by Gasteiger charge is -2.32. The Kier molecular flexibility index (Phi) is 3.18. The van der Waals surface area contributed by atoms with Crippen LogP contribution in [0, 0.1) is 6.92 Å². The van der Waals surface area contributed by atoms with Gasteiger partial charge in [-0.1, -0.05) is 30.3 Å². The van der Waals surface area contributed by atoms with Gasteiger partial charge in [-0.05, 0) is 62.3 Å². The number of hydrogen-bond acceptors (Lipinski definition) is 3. The highest BCUT2D eigenvalue weighted by atomic mass is 32.1. The molecule has 3 aromatic rings. The van der Waals surface area contributed by atoms with Crippen LogP contribution < -0.4 is 5.46 Å². The van der Waals surface area contributed by atoms with Crippen LogP contribution in [0.2, 0.25) is 0 Å². The SMILES string of the molecule is Cc1cc2c(B3OC(C)(C)C(C)(C)O3)cc3ccccc3c2s1. The van der Waals surface area contributed by atoms with E-state index in [-0.39, 0.29) is 18.3 Å². The zero-order valence-electron chi connectivity index (χ0n) is 14.3. The van der Waals surface area contributed by atoms with Crippen molar-refractivity contribution in [1.29, 1.82) is 0 Å². The Hall–Kier alpha value is -1.36. The Balaban J connectivity index is 1.96. The highest BCUT2D eigenvalue weighted by Crippen LogP contribution is 2.38. The second-order valence-corrected chi connectivity index (χ2v) is 8.63. The Morgan fingerprint density at radius 3 is 2.26 bits per heavy atom. The van der Waals surface area contributed by atoms with E-state index in [1.54, 1.807) is 0 Å². The summed E-state index contributed by atoms with van der Waals surface area (Å²) in [6.07, 6.45) is 0. The lowest BCUT2D eigenvalue weighted by Crippen LogP contribution is -2.41. The maximum atomic E-state index is 6.30. The number of aryl methyl sites for hydroxylation is 1. The Morgan fingerprint density at radius 1 is 0.913 bits per heavy atom. The minimum absolute atomic E-state index is 0.318. The summed E-state index contributed by atoms with van der Waals surface area (Å²) in [6, 6.07) is 13.0. The van der Waals surface area contributed by atoms with E-state index < -0.39 is 0 Å². The maximum absolute atomic E-state index is 6.30. The lowest BCUT2D eigenvalue weighted by atomic mass is 9.76. The molecule has 1 aromatic heterocycles. The molecule has 2 nitrogen and oxygen atoms in total. The summed E-state index contributed by atoms with van der Waals surface area (Å²) in [7, 11) is -0.318. The summed E-state index contributed by atoms with van der Waals surface area (Å²) in [4.78, 5) is 1.31. The van der Waals surface area contributed by atoms with Crippen molar-refractivity contribution >= 4 is 44.8 Å². The van der Waals surface area contributed by atoms with Crippen LogP contribution in [0.4, 0.5) is 0 Å². The fourth-order valence-corrected chi connectivity index (χ4v) is 4.25. The molecule has 0 aliphatic carbocycles. The molecular formula is C19H21BO2S. The molecule has 0 atom stereocenters. The molecule has 0 N–H and O–H groups in total. The Labute approximate surface area is 141 Å². The van der Waals surface area contributed by atoms with E-state index in [2.05, 4.69) is 71.0 Å². The molecule has 0 saturated carbocycles. The molecule has 0 amide bonds. The van der Waals surface area contributed by atoms with E-state index in [0.29, 0.717) is 0 Å². The zero-order valence-corrected chi connectivity index (χ0v) is 15.1. The van der Waals surface area contributed by atoms with Crippen molar-refractivity contribution in [3.8, 4) is 0 Å². The summed E-state index contributed by atoms with van der Waals surface area (Å²) in [5.74, 6) is 0. The van der Waals surface area contributed by atoms with Crippen LogP contribution in [-0.2, 0) is 9.31 Å². The standard InChI is InChI=1S/C19H21BO2S/c1-12-10-15-16(20-21-18(2,3)19(4,5)22-20)11-13-8-6-7-9-14(13)17(15)23-12/h6-11H,1-5H3. The van der Waals surface area contributed by atoms with Gasteiger partial charge < -0.3 is 9.31 Å². The molecule has 1 saturated heterocycles. The average molecular weight is 324 g/mol. The van der Waals surface area contributed by atoms with E-state index in [0.717, 1.165) is 5.46 Å². The van der Waals surface area contributed by atoms with E-state index >= 15 is 0 Å². The first kappa shape index (κ1) is 15.2. The van der Waals surface area contributed by atoms with Gasteiger partial charge in [0.2, 0.25) is 0 Å². The summed E-state index contributed by atoms with van der Waals surface area (Å²) in [5.41, 5.74) is 0.503. The molecule has 0 spiro atoms. The van der Waals surface area contributed by atoms with Crippen molar-refractivity contribution < 1.29 is 9.31 Å².